The summed E-state index contributed by atoms with van der Waals surface area (Å²) in [6.07, 6.45) is -2.55. The molecule has 3 heterocycles. The fourth-order valence-electron chi connectivity index (χ4n) is 8.25. The number of hydrogen-bond donors (Lipinski definition) is 2. The van der Waals surface area contributed by atoms with E-state index >= 15 is 0 Å². The van der Waals surface area contributed by atoms with Crippen LogP contribution in [0.2, 0.25) is 0 Å². The number of methoxy groups -OCH3 is 1. The minimum Gasteiger partial charge on any atom is -0.457 e. The standard InChI is InChI=1S/C35H64N4O9/c1-14-26-35(15-2)29(36-33(43)48-35)23(6)39(12)18-20(3)17-34(7,44-13)30(21(4)27(40)22(5)31(42)46-26)47-32-28(41)25(38(10)11)16-24(45-32)19-37(8)9/h20-26,28-30,32,41H,14-19H2,1-13H3,(H,36,43)/t20-,21+,22?,23-,24?,25?,26-,28?,29-,30-,32?,34-,35-/m1/s1. The molecule has 0 aromatic rings. The highest BCUT2D eigenvalue weighted by molar-refractivity contribution is 6.00. The number of rotatable bonds is 8. The molecule has 3 aliphatic heterocycles. The summed E-state index contributed by atoms with van der Waals surface area (Å²) in [5.74, 6) is -3.01. The van der Waals surface area contributed by atoms with E-state index in [1.807, 2.05) is 72.7 Å². The zero-order valence-corrected chi connectivity index (χ0v) is 31.6. The van der Waals surface area contributed by atoms with Gasteiger partial charge in [0.2, 0.25) is 0 Å². The van der Waals surface area contributed by atoms with Gasteiger partial charge in [-0.1, -0.05) is 27.7 Å². The minimum absolute atomic E-state index is 0.0421. The van der Waals surface area contributed by atoms with Gasteiger partial charge in [-0.3, -0.25) is 9.59 Å². The van der Waals surface area contributed by atoms with Crippen molar-refractivity contribution in [1.82, 2.24) is 20.0 Å². The third-order valence-corrected chi connectivity index (χ3v) is 11.1. The van der Waals surface area contributed by atoms with Crippen molar-refractivity contribution in [2.45, 2.75) is 134 Å². The topological polar surface area (TPSA) is 139 Å². The van der Waals surface area contributed by atoms with Gasteiger partial charge in [-0.2, -0.15) is 0 Å². The van der Waals surface area contributed by atoms with Crippen molar-refractivity contribution >= 4 is 17.8 Å². The van der Waals surface area contributed by atoms with E-state index in [-0.39, 0.29) is 29.9 Å². The molecule has 0 radical (unpaired) electrons. The number of aliphatic hydroxyl groups excluding tert-OH is 1. The number of likely N-dealkylation sites (N-methyl/N-ethyl adjacent to an activating group) is 3. The third-order valence-electron chi connectivity index (χ3n) is 11.1. The SMILES string of the molecule is CC[C@H]1OC(=O)C(C)C(=O)[C@H](C)[C@@H](OC2OC(CN(C)C)CC(N(C)C)C2O)[C@](C)(OC)C[C@@H](C)CN(C)[C@H](C)[C@H]2NC(=O)O[C@@]21CC. The number of aliphatic hydroxyl groups is 1. The van der Waals surface area contributed by atoms with Crippen LogP contribution in [0.5, 0.6) is 0 Å². The van der Waals surface area contributed by atoms with Gasteiger partial charge in [-0.05, 0) is 87.6 Å². The molecule has 13 nitrogen and oxygen atoms in total. The summed E-state index contributed by atoms with van der Waals surface area (Å²) in [5.41, 5.74) is -2.13. The van der Waals surface area contributed by atoms with Crippen LogP contribution < -0.4 is 5.32 Å². The number of alkyl carbamates (subject to hydrolysis) is 1. The molecular weight excluding hydrogens is 620 g/mol. The molecule has 0 spiro atoms. The van der Waals surface area contributed by atoms with Crippen LogP contribution in [0, 0.1) is 17.8 Å². The summed E-state index contributed by atoms with van der Waals surface area (Å²) in [7, 11) is 11.4. The monoisotopic (exact) mass is 684 g/mol. The van der Waals surface area contributed by atoms with Gasteiger partial charge in [0.25, 0.3) is 0 Å². The molecule has 5 unspecified atom stereocenters. The lowest BCUT2D eigenvalue weighted by Crippen LogP contribution is -2.61. The fraction of sp³-hybridized carbons (Fsp3) is 0.914. The van der Waals surface area contributed by atoms with Crippen LogP contribution in [0.3, 0.4) is 0 Å². The van der Waals surface area contributed by atoms with Gasteiger partial charge in [-0.25, -0.2) is 4.79 Å². The lowest BCUT2D eigenvalue weighted by atomic mass is 9.78. The Kier molecular flexibility index (Phi) is 13.9. The van der Waals surface area contributed by atoms with Gasteiger partial charge in [0.15, 0.2) is 17.7 Å². The summed E-state index contributed by atoms with van der Waals surface area (Å²) < 4.78 is 31.4. The number of esters is 1. The number of carbonyl (C=O) groups is 3. The fourth-order valence-corrected chi connectivity index (χ4v) is 8.25. The van der Waals surface area contributed by atoms with Crippen molar-refractivity contribution in [3.05, 3.63) is 0 Å². The molecule has 13 atom stereocenters. The van der Waals surface area contributed by atoms with Gasteiger partial charge < -0.3 is 48.8 Å². The van der Waals surface area contributed by atoms with Gasteiger partial charge in [-0.15, -0.1) is 0 Å². The van der Waals surface area contributed by atoms with E-state index < -0.39 is 65.7 Å². The number of carbonyl (C=O) groups excluding carboxylic acids is 3. The van der Waals surface area contributed by atoms with Crippen molar-refractivity contribution in [2.75, 3.05) is 55.4 Å². The number of cyclic esters (lactones) is 1. The second-order valence-corrected chi connectivity index (χ2v) is 15.3. The van der Waals surface area contributed by atoms with Crippen molar-refractivity contribution < 1.29 is 43.2 Å². The Balaban J connectivity index is 2.08. The average Bonchev–Trinajstić information content (AvgIpc) is 3.37. The smallest absolute Gasteiger partial charge is 0.408 e. The maximum atomic E-state index is 14.3. The summed E-state index contributed by atoms with van der Waals surface area (Å²) >= 11 is 0. The Morgan fingerprint density at radius 2 is 1.73 bits per heavy atom. The summed E-state index contributed by atoms with van der Waals surface area (Å²) in [6.45, 7) is 14.4. The maximum absolute atomic E-state index is 14.3. The van der Waals surface area contributed by atoms with Crippen LogP contribution in [0.25, 0.3) is 0 Å². The number of amides is 1. The highest BCUT2D eigenvalue weighted by Crippen LogP contribution is 2.39. The second kappa shape index (κ2) is 16.4. The summed E-state index contributed by atoms with van der Waals surface area (Å²) in [5, 5.41) is 14.5. The molecule has 0 aromatic carbocycles. The number of ether oxygens (including phenoxy) is 5. The van der Waals surface area contributed by atoms with Gasteiger partial charge in [0, 0.05) is 38.2 Å². The highest BCUT2D eigenvalue weighted by atomic mass is 16.7. The van der Waals surface area contributed by atoms with E-state index in [1.165, 1.54) is 0 Å². The molecule has 278 valence electrons. The van der Waals surface area contributed by atoms with Crippen LogP contribution in [0.1, 0.15) is 74.1 Å². The van der Waals surface area contributed by atoms with Gasteiger partial charge in [0.1, 0.15) is 18.1 Å². The molecule has 2 N–H and O–H groups in total. The molecule has 13 heteroatoms. The summed E-state index contributed by atoms with van der Waals surface area (Å²) in [6, 6.07) is -0.884. The first-order chi connectivity index (χ1) is 22.3. The Morgan fingerprint density at radius 3 is 2.27 bits per heavy atom. The zero-order valence-electron chi connectivity index (χ0n) is 31.6. The number of nitrogens with one attached hydrogen (secondary N) is 1. The average molecular weight is 685 g/mol. The molecule has 3 rings (SSSR count). The molecule has 0 aromatic heterocycles. The van der Waals surface area contributed by atoms with E-state index in [2.05, 4.69) is 17.1 Å². The quantitative estimate of drug-likeness (QED) is 0.287. The Labute approximate surface area is 288 Å². The molecule has 0 bridgehead atoms. The first kappa shape index (κ1) is 40.6. The van der Waals surface area contributed by atoms with Crippen molar-refractivity contribution in [1.29, 1.82) is 0 Å². The number of Topliss-reactive ketones (excluding diaryl/α,β-unsaturated/α-hetero) is 1. The first-order valence-electron chi connectivity index (χ1n) is 17.6. The zero-order chi connectivity index (χ0) is 36.3. The Morgan fingerprint density at radius 1 is 1.08 bits per heavy atom. The van der Waals surface area contributed by atoms with Crippen LogP contribution in [-0.2, 0) is 33.3 Å². The first-order valence-corrected chi connectivity index (χ1v) is 17.6. The predicted molar refractivity (Wildman–Crippen MR) is 181 cm³/mol. The van der Waals surface area contributed by atoms with E-state index in [1.54, 1.807) is 21.0 Å². The lowest BCUT2D eigenvalue weighted by molar-refractivity contribution is -0.298. The van der Waals surface area contributed by atoms with E-state index in [0.717, 1.165) is 0 Å². The van der Waals surface area contributed by atoms with Crippen molar-refractivity contribution in [2.24, 2.45) is 17.8 Å². The number of hydrogen-bond acceptors (Lipinski definition) is 12. The number of fused-ring (bicyclic) bond motifs is 1. The lowest BCUT2D eigenvalue weighted by Gasteiger charge is -2.47. The van der Waals surface area contributed by atoms with Crippen LogP contribution in [0.4, 0.5) is 4.79 Å². The van der Waals surface area contributed by atoms with E-state index in [4.69, 9.17) is 23.7 Å². The number of nitrogens with zero attached hydrogens (tertiary/aromatic N) is 3. The minimum atomic E-state index is -1.14. The molecule has 3 fully saturated rings. The maximum Gasteiger partial charge on any atom is 0.408 e. The predicted octanol–water partition coefficient (Wildman–Crippen LogP) is 2.52. The van der Waals surface area contributed by atoms with Crippen LogP contribution in [-0.4, -0.2) is 153 Å². The van der Waals surface area contributed by atoms with Crippen molar-refractivity contribution in [3.8, 4) is 0 Å². The van der Waals surface area contributed by atoms with Gasteiger partial charge >= 0.3 is 12.1 Å². The highest BCUT2D eigenvalue weighted by Gasteiger charge is 2.58. The van der Waals surface area contributed by atoms with Crippen LogP contribution in [0.15, 0.2) is 0 Å². The summed E-state index contributed by atoms with van der Waals surface area (Å²) in [4.78, 5) is 47.0. The Bertz CT molecular complexity index is 1110. The van der Waals surface area contributed by atoms with E-state index in [0.29, 0.717) is 38.8 Å². The second-order valence-electron chi connectivity index (χ2n) is 15.3. The van der Waals surface area contributed by atoms with Crippen molar-refractivity contribution in [3.63, 3.8) is 0 Å². The van der Waals surface area contributed by atoms with Crippen LogP contribution >= 0.6 is 0 Å². The largest absolute Gasteiger partial charge is 0.457 e. The molecule has 3 aliphatic rings. The number of ketones is 1. The third kappa shape index (κ3) is 8.52. The molecule has 3 saturated heterocycles. The molecule has 0 aliphatic carbocycles. The normalized spacial score (nSPS) is 42.5. The molecule has 1 amide bonds. The molecular formula is C35H64N4O9. The molecule has 0 saturated carbocycles. The molecule has 48 heavy (non-hydrogen) atoms. The Hall–Kier alpha value is -1.87. The van der Waals surface area contributed by atoms with E-state index in [9.17, 15) is 19.5 Å². The van der Waals surface area contributed by atoms with Gasteiger partial charge in [0.05, 0.1) is 23.9 Å².